The second-order valence-electron chi connectivity index (χ2n) is 8.27. The van der Waals surface area contributed by atoms with E-state index in [1.807, 2.05) is 18.2 Å². The third kappa shape index (κ3) is 3.65. The van der Waals surface area contributed by atoms with E-state index in [-0.39, 0.29) is 17.9 Å². The fraction of sp³-hybridized carbons (Fsp3) is 0.458. The number of amides is 1. The SMILES string of the molecule is COc1ccc([C@@H]2[C@@H]3CCCC[C@]3(O)CCN2C(=O)c2cccc(F)c2)cc1OC. The number of ether oxygens (including phenoxy) is 2. The Balaban J connectivity index is 1.78. The van der Waals surface area contributed by atoms with Gasteiger partial charge < -0.3 is 19.5 Å². The van der Waals surface area contributed by atoms with Crippen LogP contribution in [0.5, 0.6) is 11.5 Å². The maximum absolute atomic E-state index is 13.8. The number of hydrogen-bond donors (Lipinski definition) is 1. The molecule has 1 heterocycles. The van der Waals surface area contributed by atoms with Crippen LogP contribution in [0.1, 0.15) is 54.1 Å². The van der Waals surface area contributed by atoms with Crippen LogP contribution in [0.15, 0.2) is 42.5 Å². The number of rotatable bonds is 4. The Kier molecular flexibility index (Phi) is 5.69. The van der Waals surface area contributed by atoms with Gasteiger partial charge in [0, 0.05) is 18.0 Å². The first kappa shape index (κ1) is 20.7. The summed E-state index contributed by atoms with van der Waals surface area (Å²) in [5.74, 6) is 0.448. The lowest BCUT2D eigenvalue weighted by Crippen LogP contribution is -2.56. The minimum Gasteiger partial charge on any atom is -0.493 e. The predicted octanol–water partition coefficient (Wildman–Crippen LogP) is 4.35. The molecule has 6 heteroatoms. The molecule has 0 radical (unpaired) electrons. The van der Waals surface area contributed by atoms with Crippen LogP contribution < -0.4 is 9.47 Å². The Bertz CT molecular complexity index is 933. The normalized spacial score (nSPS) is 26.1. The van der Waals surface area contributed by atoms with Crippen molar-refractivity contribution in [2.75, 3.05) is 20.8 Å². The van der Waals surface area contributed by atoms with E-state index in [0.29, 0.717) is 30.0 Å². The highest BCUT2D eigenvalue weighted by Gasteiger charge is 2.50. The summed E-state index contributed by atoms with van der Waals surface area (Å²) in [6, 6.07) is 11.1. The standard InChI is InChI=1S/C24H28FNO4/c1-29-20-10-9-16(15-21(20)30-2)22-19-8-3-4-11-24(19,28)12-13-26(22)23(27)17-6-5-7-18(25)14-17/h5-7,9-10,14-15,19,22,28H,3-4,8,11-13H2,1-2H3/t19-,22+,24-/m0/s1. The molecule has 3 atom stereocenters. The highest BCUT2D eigenvalue weighted by atomic mass is 19.1. The zero-order valence-electron chi connectivity index (χ0n) is 17.4. The number of aliphatic hydroxyl groups is 1. The van der Waals surface area contributed by atoms with E-state index < -0.39 is 11.4 Å². The molecule has 0 unspecified atom stereocenters. The van der Waals surface area contributed by atoms with Crippen molar-refractivity contribution in [2.24, 2.45) is 5.92 Å². The van der Waals surface area contributed by atoms with Crippen LogP contribution in [0, 0.1) is 11.7 Å². The van der Waals surface area contributed by atoms with Crippen LogP contribution in [0.25, 0.3) is 0 Å². The van der Waals surface area contributed by atoms with Gasteiger partial charge in [-0.05, 0) is 55.2 Å². The Morgan fingerprint density at radius 1 is 1.10 bits per heavy atom. The summed E-state index contributed by atoms with van der Waals surface area (Å²) < 4.78 is 24.6. The zero-order chi connectivity index (χ0) is 21.3. The van der Waals surface area contributed by atoms with E-state index in [2.05, 4.69) is 0 Å². The first-order valence-electron chi connectivity index (χ1n) is 10.5. The Labute approximate surface area is 176 Å². The molecule has 5 nitrogen and oxygen atoms in total. The van der Waals surface area contributed by atoms with Crippen LogP contribution in [0.4, 0.5) is 4.39 Å². The van der Waals surface area contributed by atoms with Crippen molar-refractivity contribution >= 4 is 5.91 Å². The predicted molar refractivity (Wildman–Crippen MR) is 111 cm³/mol. The molecule has 1 aliphatic carbocycles. The molecule has 2 aromatic carbocycles. The molecule has 0 bridgehead atoms. The lowest BCUT2D eigenvalue weighted by Gasteiger charge is -2.52. The monoisotopic (exact) mass is 413 g/mol. The minimum absolute atomic E-state index is 0.0874. The lowest BCUT2D eigenvalue weighted by molar-refractivity contribution is -0.115. The molecule has 1 saturated heterocycles. The van der Waals surface area contributed by atoms with E-state index in [1.165, 1.54) is 12.1 Å². The van der Waals surface area contributed by atoms with Gasteiger partial charge in [0.05, 0.1) is 25.9 Å². The van der Waals surface area contributed by atoms with Gasteiger partial charge in [-0.1, -0.05) is 25.0 Å². The smallest absolute Gasteiger partial charge is 0.254 e. The van der Waals surface area contributed by atoms with Crippen LogP contribution in [-0.2, 0) is 0 Å². The zero-order valence-corrected chi connectivity index (χ0v) is 17.4. The molecule has 0 spiro atoms. The van der Waals surface area contributed by atoms with Gasteiger partial charge >= 0.3 is 0 Å². The highest BCUT2D eigenvalue weighted by Crippen LogP contribution is 2.50. The number of carbonyl (C=O) groups is 1. The van der Waals surface area contributed by atoms with E-state index in [0.717, 1.165) is 31.2 Å². The summed E-state index contributed by atoms with van der Waals surface area (Å²) >= 11 is 0. The molecule has 0 aromatic heterocycles. The number of piperidine rings is 1. The fourth-order valence-corrected chi connectivity index (χ4v) is 5.15. The second kappa shape index (κ2) is 8.26. The number of methoxy groups -OCH3 is 2. The van der Waals surface area contributed by atoms with Gasteiger partial charge in [0.25, 0.3) is 5.91 Å². The Morgan fingerprint density at radius 3 is 2.63 bits per heavy atom. The molecule has 1 saturated carbocycles. The van der Waals surface area contributed by atoms with Gasteiger partial charge in [-0.3, -0.25) is 4.79 Å². The van der Waals surface area contributed by atoms with Crippen molar-refractivity contribution in [2.45, 2.75) is 43.7 Å². The number of carbonyl (C=O) groups excluding carboxylic acids is 1. The maximum atomic E-state index is 13.8. The minimum atomic E-state index is -0.797. The topological polar surface area (TPSA) is 59.0 Å². The van der Waals surface area contributed by atoms with E-state index in [4.69, 9.17) is 9.47 Å². The van der Waals surface area contributed by atoms with Crippen LogP contribution >= 0.6 is 0 Å². The summed E-state index contributed by atoms with van der Waals surface area (Å²) in [6.07, 6.45) is 4.11. The van der Waals surface area contributed by atoms with Gasteiger partial charge in [-0.25, -0.2) is 4.39 Å². The van der Waals surface area contributed by atoms with Crippen LogP contribution in [0.3, 0.4) is 0 Å². The van der Waals surface area contributed by atoms with Gasteiger partial charge in [-0.15, -0.1) is 0 Å². The number of benzene rings is 2. The highest BCUT2D eigenvalue weighted by molar-refractivity contribution is 5.94. The largest absolute Gasteiger partial charge is 0.493 e. The summed E-state index contributed by atoms with van der Waals surface area (Å²) in [5, 5.41) is 11.4. The van der Waals surface area contributed by atoms with E-state index in [1.54, 1.807) is 31.3 Å². The summed E-state index contributed by atoms with van der Waals surface area (Å²) in [4.78, 5) is 15.2. The van der Waals surface area contributed by atoms with E-state index >= 15 is 0 Å². The molecule has 1 amide bonds. The van der Waals surface area contributed by atoms with Crippen LogP contribution in [0.2, 0.25) is 0 Å². The number of likely N-dealkylation sites (tertiary alicyclic amines) is 1. The Hall–Kier alpha value is -2.60. The van der Waals surface area contributed by atoms with Crippen molar-refractivity contribution in [1.29, 1.82) is 0 Å². The molecule has 1 N–H and O–H groups in total. The average molecular weight is 413 g/mol. The third-order valence-corrected chi connectivity index (χ3v) is 6.65. The van der Waals surface area contributed by atoms with Gasteiger partial charge in [0.1, 0.15) is 5.82 Å². The van der Waals surface area contributed by atoms with Crippen molar-refractivity contribution in [3.63, 3.8) is 0 Å². The summed E-state index contributed by atoms with van der Waals surface area (Å²) in [6.45, 7) is 0.418. The molecule has 160 valence electrons. The molecular formula is C24H28FNO4. The third-order valence-electron chi connectivity index (χ3n) is 6.65. The van der Waals surface area contributed by atoms with Gasteiger partial charge in [0.15, 0.2) is 11.5 Å². The van der Waals surface area contributed by atoms with Crippen molar-refractivity contribution in [1.82, 2.24) is 4.90 Å². The molecular weight excluding hydrogens is 385 g/mol. The fourth-order valence-electron chi connectivity index (χ4n) is 5.15. The molecule has 2 aliphatic rings. The number of halogens is 1. The van der Waals surface area contributed by atoms with Gasteiger partial charge in [-0.2, -0.15) is 0 Å². The number of hydrogen-bond acceptors (Lipinski definition) is 4. The molecule has 2 fully saturated rings. The molecule has 1 aliphatic heterocycles. The van der Waals surface area contributed by atoms with Crippen molar-refractivity contribution in [3.05, 3.63) is 59.4 Å². The molecule has 30 heavy (non-hydrogen) atoms. The lowest BCUT2D eigenvalue weighted by atomic mass is 9.66. The molecule has 4 rings (SSSR count). The maximum Gasteiger partial charge on any atom is 0.254 e. The van der Waals surface area contributed by atoms with Gasteiger partial charge in [0.2, 0.25) is 0 Å². The van der Waals surface area contributed by atoms with E-state index in [9.17, 15) is 14.3 Å². The van der Waals surface area contributed by atoms with Crippen molar-refractivity contribution < 1.29 is 23.8 Å². The number of fused-ring (bicyclic) bond motifs is 1. The second-order valence-corrected chi connectivity index (χ2v) is 8.27. The summed E-state index contributed by atoms with van der Waals surface area (Å²) in [7, 11) is 3.16. The average Bonchev–Trinajstić information content (AvgIpc) is 2.77. The van der Waals surface area contributed by atoms with Crippen molar-refractivity contribution in [3.8, 4) is 11.5 Å². The summed E-state index contributed by atoms with van der Waals surface area (Å²) in [5.41, 5.74) is 0.415. The Morgan fingerprint density at radius 2 is 1.90 bits per heavy atom. The molecule has 2 aromatic rings. The van der Waals surface area contributed by atoms with Crippen LogP contribution in [-0.4, -0.2) is 42.3 Å². The quantitative estimate of drug-likeness (QED) is 0.810. The number of nitrogens with zero attached hydrogens (tertiary/aromatic N) is 1. The first-order valence-corrected chi connectivity index (χ1v) is 10.5. The first-order chi connectivity index (χ1) is 14.5.